The quantitative estimate of drug-likeness (QED) is 0.797. The van der Waals surface area contributed by atoms with Gasteiger partial charge in [0.05, 0.1) is 0 Å². The van der Waals surface area contributed by atoms with E-state index in [2.05, 4.69) is 9.97 Å². The van der Waals surface area contributed by atoms with E-state index in [4.69, 9.17) is 5.11 Å². The van der Waals surface area contributed by atoms with E-state index in [1.165, 1.54) is 6.20 Å². The number of aliphatic carboxylic acids is 1. The third-order valence-electron chi connectivity index (χ3n) is 3.25. The molecule has 2 aromatic heterocycles. The number of hydrogen-bond acceptors (Lipinski definition) is 4. The molecular weight excluding hydrogens is 294 g/mol. The lowest BCUT2D eigenvalue weighted by Crippen LogP contribution is -2.27. The lowest BCUT2D eigenvalue weighted by atomic mass is 10.2. The molecule has 0 unspecified atom stereocenters. The minimum absolute atomic E-state index is 0.176. The lowest BCUT2D eigenvalue weighted by Gasteiger charge is -2.07. The van der Waals surface area contributed by atoms with E-state index in [1.54, 1.807) is 24.3 Å². The topological polar surface area (TPSA) is 85.1 Å². The minimum Gasteiger partial charge on any atom is -0.480 e. The number of fused-ring (bicyclic) bond motifs is 1. The van der Waals surface area contributed by atoms with Crippen molar-refractivity contribution in [3.8, 4) is 0 Å². The summed E-state index contributed by atoms with van der Waals surface area (Å²) >= 11 is 0. The van der Waals surface area contributed by atoms with Crippen LogP contribution in [0, 0.1) is 0 Å². The maximum Gasteiger partial charge on any atom is 0.323 e. The molecule has 0 saturated carbocycles. The predicted molar refractivity (Wildman–Crippen MR) is 86.8 cm³/mol. The van der Waals surface area contributed by atoms with Crippen LogP contribution in [-0.2, 0) is 11.3 Å². The van der Waals surface area contributed by atoms with Gasteiger partial charge in [0, 0.05) is 6.20 Å². The molecule has 1 aromatic carbocycles. The molecule has 0 fully saturated rings. The summed E-state index contributed by atoms with van der Waals surface area (Å²) in [5.41, 5.74) is 1.35. The molecule has 23 heavy (non-hydrogen) atoms. The maximum absolute atomic E-state index is 12.5. The fourth-order valence-electron chi connectivity index (χ4n) is 2.23. The minimum atomic E-state index is -1.11. The van der Waals surface area contributed by atoms with Gasteiger partial charge in [-0.3, -0.25) is 14.2 Å². The van der Waals surface area contributed by atoms with Crippen molar-refractivity contribution in [1.29, 1.82) is 0 Å². The van der Waals surface area contributed by atoms with Crippen LogP contribution in [-0.4, -0.2) is 25.6 Å². The van der Waals surface area contributed by atoms with Gasteiger partial charge in [0.2, 0.25) is 0 Å². The van der Waals surface area contributed by atoms with E-state index in [9.17, 15) is 9.59 Å². The van der Waals surface area contributed by atoms with Gasteiger partial charge in [-0.2, -0.15) is 0 Å². The molecule has 114 valence electrons. The van der Waals surface area contributed by atoms with E-state index in [-0.39, 0.29) is 11.3 Å². The van der Waals surface area contributed by atoms with Crippen LogP contribution in [0.1, 0.15) is 11.3 Å². The van der Waals surface area contributed by atoms with Gasteiger partial charge in [-0.15, -0.1) is 0 Å². The Kier molecular flexibility index (Phi) is 3.97. The first kappa shape index (κ1) is 14.6. The average Bonchev–Trinajstić information content (AvgIpc) is 2.56. The van der Waals surface area contributed by atoms with Crippen LogP contribution in [0.25, 0.3) is 23.3 Å². The van der Waals surface area contributed by atoms with Crippen molar-refractivity contribution in [2.75, 3.05) is 0 Å². The molecule has 0 amide bonds. The Morgan fingerprint density at radius 1 is 1.13 bits per heavy atom. The van der Waals surface area contributed by atoms with Crippen LogP contribution in [0.3, 0.4) is 0 Å². The second-order valence-corrected chi connectivity index (χ2v) is 4.87. The van der Waals surface area contributed by atoms with E-state index < -0.39 is 18.1 Å². The normalized spacial score (nSPS) is 11.1. The third kappa shape index (κ3) is 3.16. The molecule has 2 heterocycles. The average molecular weight is 307 g/mol. The molecule has 1 N–H and O–H groups in total. The van der Waals surface area contributed by atoms with Gasteiger partial charge in [0.1, 0.15) is 17.8 Å². The van der Waals surface area contributed by atoms with Crippen molar-refractivity contribution in [2.24, 2.45) is 0 Å². The highest BCUT2D eigenvalue weighted by Gasteiger charge is 2.12. The third-order valence-corrected chi connectivity index (χ3v) is 3.25. The molecule has 6 heteroatoms. The molecular formula is C17H13N3O3. The highest BCUT2D eigenvalue weighted by atomic mass is 16.4. The summed E-state index contributed by atoms with van der Waals surface area (Å²) in [7, 11) is 0. The first-order chi connectivity index (χ1) is 11.1. The standard InChI is InChI=1S/C17H13N3O3/c21-15(22)11-20-16-13(7-4-10-18-16)19-14(17(20)23)9-8-12-5-2-1-3-6-12/h1-10H,11H2,(H,21,22)/b9-8+. The van der Waals surface area contributed by atoms with Crippen LogP contribution in [0.5, 0.6) is 0 Å². The van der Waals surface area contributed by atoms with E-state index in [0.717, 1.165) is 10.1 Å². The fourth-order valence-corrected chi connectivity index (χ4v) is 2.23. The van der Waals surface area contributed by atoms with E-state index in [1.807, 2.05) is 30.3 Å². The molecule has 0 bridgehead atoms. The summed E-state index contributed by atoms with van der Waals surface area (Å²) in [4.78, 5) is 31.9. The number of rotatable bonds is 4. The Morgan fingerprint density at radius 2 is 1.91 bits per heavy atom. The first-order valence-corrected chi connectivity index (χ1v) is 6.95. The Labute approximate surface area is 131 Å². The molecule has 0 radical (unpaired) electrons. The van der Waals surface area contributed by atoms with Gasteiger partial charge >= 0.3 is 5.97 Å². The van der Waals surface area contributed by atoms with Gasteiger partial charge in [-0.25, -0.2) is 9.97 Å². The van der Waals surface area contributed by atoms with E-state index in [0.29, 0.717) is 5.52 Å². The molecule has 3 rings (SSSR count). The Hall–Kier alpha value is -3.28. The zero-order valence-electron chi connectivity index (χ0n) is 12.1. The van der Waals surface area contributed by atoms with Crippen LogP contribution in [0.15, 0.2) is 53.5 Å². The summed E-state index contributed by atoms with van der Waals surface area (Å²) in [6, 6.07) is 12.9. The van der Waals surface area contributed by atoms with Gasteiger partial charge in [0.15, 0.2) is 5.65 Å². The molecule has 3 aromatic rings. The van der Waals surface area contributed by atoms with Gasteiger partial charge in [-0.05, 0) is 23.8 Å². The van der Waals surface area contributed by atoms with Gasteiger partial charge < -0.3 is 5.11 Å². The van der Waals surface area contributed by atoms with Crippen molar-refractivity contribution < 1.29 is 9.90 Å². The second-order valence-electron chi connectivity index (χ2n) is 4.87. The van der Waals surface area contributed by atoms with Crippen molar-refractivity contribution in [3.63, 3.8) is 0 Å². The molecule has 0 aliphatic carbocycles. The number of nitrogens with zero attached hydrogens (tertiary/aromatic N) is 3. The van der Waals surface area contributed by atoms with Gasteiger partial charge in [-0.1, -0.05) is 36.4 Å². The van der Waals surface area contributed by atoms with E-state index >= 15 is 0 Å². The number of aromatic nitrogens is 3. The molecule has 0 aliphatic rings. The molecule has 6 nitrogen and oxygen atoms in total. The van der Waals surface area contributed by atoms with Crippen LogP contribution < -0.4 is 5.56 Å². The maximum atomic E-state index is 12.5. The number of carboxylic acids is 1. The summed E-state index contributed by atoms with van der Waals surface area (Å²) in [5, 5.41) is 9.02. The SMILES string of the molecule is O=C(O)Cn1c(=O)c(/C=C/c2ccccc2)nc2cccnc21. The molecule has 0 aliphatic heterocycles. The fraction of sp³-hybridized carbons (Fsp3) is 0.0588. The predicted octanol–water partition coefficient (Wildman–Crippen LogP) is 2.05. The monoisotopic (exact) mass is 307 g/mol. The summed E-state index contributed by atoms with van der Waals surface area (Å²) < 4.78 is 1.12. The van der Waals surface area contributed by atoms with Gasteiger partial charge in [0.25, 0.3) is 5.56 Å². The Bertz CT molecular complexity index is 946. The largest absolute Gasteiger partial charge is 0.480 e. The first-order valence-electron chi connectivity index (χ1n) is 6.95. The zero-order chi connectivity index (χ0) is 16.2. The summed E-state index contributed by atoms with van der Waals surface area (Å²) in [5.74, 6) is -1.11. The van der Waals surface area contributed by atoms with Crippen LogP contribution in [0.2, 0.25) is 0 Å². The highest BCUT2D eigenvalue weighted by molar-refractivity contribution is 5.76. The number of benzene rings is 1. The molecule has 0 saturated heterocycles. The Morgan fingerprint density at radius 3 is 2.65 bits per heavy atom. The van der Waals surface area contributed by atoms with Crippen LogP contribution in [0.4, 0.5) is 0 Å². The second kappa shape index (κ2) is 6.23. The molecule has 0 spiro atoms. The van der Waals surface area contributed by atoms with Crippen LogP contribution >= 0.6 is 0 Å². The zero-order valence-corrected chi connectivity index (χ0v) is 12.1. The van der Waals surface area contributed by atoms with Crippen molar-refractivity contribution >= 4 is 29.3 Å². The number of hydrogen-bond donors (Lipinski definition) is 1. The number of pyridine rings is 1. The van der Waals surface area contributed by atoms with Crippen molar-refractivity contribution in [2.45, 2.75) is 6.54 Å². The highest BCUT2D eigenvalue weighted by Crippen LogP contribution is 2.09. The summed E-state index contributed by atoms with van der Waals surface area (Å²) in [6.45, 7) is -0.457. The molecule has 0 atom stereocenters. The summed E-state index contributed by atoms with van der Waals surface area (Å²) in [6.07, 6.45) is 4.85. The Balaban J connectivity index is 2.14. The number of carboxylic acid groups (broad SMARTS) is 1. The van der Waals surface area contributed by atoms with Crippen molar-refractivity contribution in [3.05, 3.63) is 70.3 Å². The number of carbonyl (C=O) groups is 1. The lowest BCUT2D eigenvalue weighted by molar-refractivity contribution is -0.137. The van der Waals surface area contributed by atoms with Crippen molar-refractivity contribution in [1.82, 2.24) is 14.5 Å². The smallest absolute Gasteiger partial charge is 0.323 e.